The lowest BCUT2D eigenvalue weighted by Gasteiger charge is -2.15. The molecule has 0 saturated heterocycles. The van der Waals surface area contributed by atoms with Crippen LogP contribution in [0.15, 0.2) is 54.7 Å². The highest BCUT2D eigenvalue weighted by atomic mass is 16.5. The van der Waals surface area contributed by atoms with Crippen LogP contribution in [0.2, 0.25) is 0 Å². The molecule has 0 radical (unpaired) electrons. The minimum atomic E-state index is -0.916. The summed E-state index contributed by atoms with van der Waals surface area (Å²) in [5.41, 5.74) is 5.39. The number of benzene rings is 2. The van der Waals surface area contributed by atoms with E-state index in [1.165, 1.54) is 10.9 Å². The normalized spacial score (nSPS) is 13.0. The molecular formula is C26H28N4O5. The second kappa shape index (κ2) is 10.4. The van der Waals surface area contributed by atoms with Crippen molar-refractivity contribution in [1.82, 2.24) is 20.4 Å². The Bertz CT molecular complexity index is 1210. The number of carboxylic acids is 1. The molecule has 3 aromatic rings. The Balaban J connectivity index is 1.34. The van der Waals surface area contributed by atoms with E-state index >= 15 is 0 Å². The summed E-state index contributed by atoms with van der Waals surface area (Å²) < 4.78 is 7.07. The SMILES string of the molecule is CC(CNC(=O)c1cnn(C)c1CNC(=O)OCC1c2ccccc2-c2ccccc21)CC(=O)O. The molecule has 1 aromatic heterocycles. The lowest BCUT2D eigenvalue weighted by atomic mass is 9.98. The van der Waals surface area contributed by atoms with E-state index in [2.05, 4.69) is 40.0 Å². The number of aliphatic carboxylic acids is 1. The number of carbonyl (C=O) groups excluding carboxylic acids is 2. The zero-order valence-electron chi connectivity index (χ0n) is 19.7. The van der Waals surface area contributed by atoms with Gasteiger partial charge >= 0.3 is 12.1 Å². The van der Waals surface area contributed by atoms with E-state index in [1.54, 1.807) is 14.0 Å². The van der Waals surface area contributed by atoms with Crippen molar-refractivity contribution in [3.05, 3.63) is 77.1 Å². The van der Waals surface area contributed by atoms with Gasteiger partial charge in [-0.1, -0.05) is 55.5 Å². The second-order valence-electron chi connectivity index (χ2n) is 8.72. The van der Waals surface area contributed by atoms with E-state index in [0.717, 1.165) is 22.3 Å². The van der Waals surface area contributed by atoms with Crippen molar-refractivity contribution in [1.29, 1.82) is 0 Å². The Morgan fingerprint density at radius 1 is 1.06 bits per heavy atom. The van der Waals surface area contributed by atoms with Crippen molar-refractivity contribution in [2.24, 2.45) is 13.0 Å². The molecule has 1 heterocycles. The molecule has 1 atom stereocenters. The van der Waals surface area contributed by atoms with Crippen LogP contribution in [0.1, 0.15) is 46.4 Å². The van der Waals surface area contributed by atoms with E-state index in [-0.39, 0.29) is 43.9 Å². The predicted octanol–water partition coefficient (Wildman–Crippen LogP) is 3.30. The summed E-state index contributed by atoms with van der Waals surface area (Å²) in [4.78, 5) is 35.9. The first-order valence-corrected chi connectivity index (χ1v) is 11.4. The Kier molecular flexibility index (Phi) is 7.14. The van der Waals surface area contributed by atoms with Crippen LogP contribution in [0, 0.1) is 5.92 Å². The lowest BCUT2D eigenvalue weighted by molar-refractivity contribution is -0.137. The zero-order valence-corrected chi connectivity index (χ0v) is 19.7. The standard InChI is InChI=1S/C26H28N4O5/c1-16(11-24(31)32)12-27-25(33)21-13-29-30(2)23(21)14-28-26(34)35-15-22-19-9-5-3-7-17(19)18-8-4-6-10-20(18)22/h3-10,13,16,22H,11-12,14-15H2,1-2H3,(H,27,33)(H,28,34)(H,31,32). The number of aromatic nitrogens is 2. The number of rotatable bonds is 9. The van der Waals surface area contributed by atoms with E-state index in [9.17, 15) is 14.4 Å². The second-order valence-corrected chi connectivity index (χ2v) is 8.72. The molecule has 1 unspecified atom stereocenters. The topological polar surface area (TPSA) is 123 Å². The molecule has 0 aliphatic heterocycles. The van der Waals surface area contributed by atoms with E-state index < -0.39 is 12.1 Å². The third kappa shape index (κ3) is 5.34. The Morgan fingerprint density at radius 2 is 1.69 bits per heavy atom. The zero-order chi connectivity index (χ0) is 24.9. The Morgan fingerprint density at radius 3 is 2.31 bits per heavy atom. The number of ether oxygens (including phenoxy) is 1. The molecule has 9 nitrogen and oxygen atoms in total. The summed E-state index contributed by atoms with van der Waals surface area (Å²) in [6, 6.07) is 16.2. The fraction of sp³-hybridized carbons (Fsp3) is 0.308. The minimum Gasteiger partial charge on any atom is -0.481 e. The maximum Gasteiger partial charge on any atom is 0.407 e. The van der Waals surface area contributed by atoms with Crippen LogP contribution in [0.5, 0.6) is 0 Å². The molecule has 4 rings (SSSR count). The van der Waals surface area contributed by atoms with Crippen molar-refractivity contribution in [2.45, 2.75) is 25.8 Å². The molecule has 3 N–H and O–H groups in total. The number of carbonyl (C=O) groups is 3. The van der Waals surface area contributed by atoms with Crippen LogP contribution >= 0.6 is 0 Å². The largest absolute Gasteiger partial charge is 0.481 e. The summed E-state index contributed by atoms with van der Waals surface area (Å²) in [6.45, 7) is 2.22. The molecule has 0 fully saturated rings. The summed E-state index contributed by atoms with van der Waals surface area (Å²) in [6.07, 6.45) is 0.796. The average Bonchev–Trinajstić information content (AvgIpc) is 3.37. The van der Waals surface area contributed by atoms with Gasteiger partial charge in [-0.2, -0.15) is 5.10 Å². The lowest BCUT2D eigenvalue weighted by Crippen LogP contribution is -2.31. The number of fused-ring (bicyclic) bond motifs is 3. The van der Waals surface area contributed by atoms with Gasteiger partial charge in [-0.3, -0.25) is 14.3 Å². The van der Waals surface area contributed by atoms with Gasteiger partial charge in [0.25, 0.3) is 5.91 Å². The number of nitrogens with one attached hydrogen (secondary N) is 2. The number of hydrogen-bond donors (Lipinski definition) is 3. The van der Waals surface area contributed by atoms with Gasteiger partial charge in [-0.05, 0) is 28.2 Å². The quantitative estimate of drug-likeness (QED) is 0.436. The number of aryl methyl sites for hydroxylation is 1. The molecular weight excluding hydrogens is 448 g/mol. The van der Waals surface area contributed by atoms with Gasteiger partial charge in [0.1, 0.15) is 6.61 Å². The molecule has 182 valence electrons. The number of nitrogens with zero attached hydrogens (tertiary/aromatic N) is 2. The molecule has 9 heteroatoms. The Labute approximate surface area is 203 Å². The van der Waals surface area contributed by atoms with Gasteiger partial charge in [-0.25, -0.2) is 4.79 Å². The van der Waals surface area contributed by atoms with Gasteiger partial charge in [0.05, 0.1) is 24.0 Å². The summed E-state index contributed by atoms with van der Waals surface area (Å²) in [5.74, 6) is -1.55. The smallest absolute Gasteiger partial charge is 0.407 e. The summed E-state index contributed by atoms with van der Waals surface area (Å²) in [7, 11) is 1.68. The first-order chi connectivity index (χ1) is 16.8. The number of carboxylic acid groups (broad SMARTS) is 1. The van der Waals surface area contributed by atoms with Crippen LogP contribution in [0.4, 0.5) is 4.79 Å². The molecule has 0 saturated carbocycles. The van der Waals surface area contributed by atoms with Crippen molar-refractivity contribution < 1.29 is 24.2 Å². The Hall–Kier alpha value is -4.14. The van der Waals surface area contributed by atoms with Gasteiger partial charge in [0.15, 0.2) is 0 Å². The third-order valence-electron chi connectivity index (χ3n) is 6.18. The van der Waals surface area contributed by atoms with Crippen LogP contribution in [-0.2, 0) is 23.1 Å². The molecule has 2 aromatic carbocycles. The van der Waals surface area contributed by atoms with E-state index in [4.69, 9.17) is 9.84 Å². The molecule has 0 spiro atoms. The van der Waals surface area contributed by atoms with Gasteiger partial charge in [0, 0.05) is 25.9 Å². The van der Waals surface area contributed by atoms with Gasteiger partial charge in [0.2, 0.25) is 0 Å². The highest BCUT2D eigenvalue weighted by Crippen LogP contribution is 2.44. The molecule has 35 heavy (non-hydrogen) atoms. The summed E-state index contributed by atoms with van der Waals surface area (Å²) >= 11 is 0. The first-order valence-electron chi connectivity index (χ1n) is 11.4. The highest BCUT2D eigenvalue weighted by Gasteiger charge is 2.29. The maximum absolute atomic E-state index is 12.6. The maximum atomic E-state index is 12.6. The fourth-order valence-corrected chi connectivity index (χ4v) is 4.40. The monoisotopic (exact) mass is 476 g/mol. The highest BCUT2D eigenvalue weighted by molar-refractivity contribution is 5.95. The number of alkyl carbamates (subject to hydrolysis) is 1. The molecule has 0 bridgehead atoms. The van der Waals surface area contributed by atoms with Crippen LogP contribution in [-0.4, -0.2) is 46.0 Å². The van der Waals surface area contributed by atoms with Gasteiger partial charge in [-0.15, -0.1) is 0 Å². The fourth-order valence-electron chi connectivity index (χ4n) is 4.40. The molecule has 1 aliphatic rings. The molecule has 1 aliphatic carbocycles. The van der Waals surface area contributed by atoms with Crippen LogP contribution < -0.4 is 10.6 Å². The van der Waals surface area contributed by atoms with Crippen molar-refractivity contribution in [3.63, 3.8) is 0 Å². The van der Waals surface area contributed by atoms with Crippen LogP contribution in [0.3, 0.4) is 0 Å². The van der Waals surface area contributed by atoms with E-state index in [0.29, 0.717) is 11.3 Å². The number of amides is 2. The average molecular weight is 477 g/mol. The van der Waals surface area contributed by atoms with Gasteiger partial charge < -0.3 is 20.5 Å². The predicted molar refractivity (Wildman–Crippen MR) is 129 cm³/mol. The van der Waals surface area contributed by atoms with Crippen molar-refractivity contribution >= 4 is 18.0 Å². The van der Waals surface area contributed by atoms with Crippen molar-refractivity contribution in [3.8, 4) is 11.1 Å². The van der Waals surface area contributed by atoms with Crippen LogP contribution in [0.25, 0.3) is 11.1 Å². The van der Waals surface area contributed by atoms with Crippen molar-refractivity contribution in [2.75, 3.05) is 13.2 Å². The van der Waals surface area contributed by atoms with E-state index in [1.807, 2.05) is 24.3 Å². The summed E-state index contributed by atoms with van der Waals surface area (Å²) in [5, 5.41) is 18.4. The molecule has 2 amide bonds. The number of hydrogen-bond acceptors (Lipinski definition) is 5. The minimum absolute atomic E-state index is 0.0382. The third-order valence-corrected chi connectivity index (χ3v) is 6.18. The first kappa shape index (κ1) is 24.0.